The zero-order valence-electron chi connectivity index (χ0n) is 9.28. The predicted octanol–water partition coefficient (Wildman–Crippen LogP) is -0.289. The van der Waals surface area contributed by atoms with Gasteiger partial charge in [-0.25, -0.2) is 4.98 Å². The molecule has 0 aromatic carbocycles. The molecule has 1 aliphatic heterocycles. The van der Waals surface area contributed by atoms with E-state index >= 15 is 0 Å². The van der Waals surface area contributed by atoms with Crippen LogP contribution in [0.5, 0.6) is 0 Å². The maximum Gasteiger partial charge on any atom is 0.302 e. The summed E-state index contributed by atoms with van der Waals surface area (Å²) in [4.78, 5) is 20.6. The van der Waals surface area contributed by atoms with Crippen molar-refractivity contribution in [2.24, 2.45) is 5.92 Å². The highest BCUT2D eigenvalue weighted by Crippen LogP contribution is 2.23. The van der Waals surface area contributed by atoms with Crippen molar-refractivity contribution in [3.05, 3.63) is 12.3 Å². The molecule has 0 radical (unpaired) electrons. The number of rotatable bonds is 3. The molecule has 2 N–H and O–H groups in total. The Morgan fingerprint density at radius 2 is 2.28 bits per heavy atom. The zero-order valence-corrected chi connectivity index (χ0v) is 10.1. The predicted molar refractivity (Wildman–Crippen MR) is 61.8 cm³/mol. The summed E-state index contributed by atoms with van der Waals surface area (Å²) in [6.07, 6.45) is 1.35. The lowest BCUT2D eigenvalue weighted by Crippen LogP contribution is -2.27. The van der Waals surface area contributed by atoms with Crippen molar-refractivity contribution in [1.29, 1.82) is 0 Å². The SMILES string of the molecule is Nc1ccnc(N2CC(CS(=O)(=O)F)CC2=O)n1. The van der Waals surface area contributed by atoms with Gasteiger partial charge >= 0.3 is 10.2 Å². The molecule has 1 atom stereocenters. The van der Waals surface area contributed by atoms with Crippen LogP contribution in [0.1, 0.15) is 6.42 Å². The largest absolute Gasteiger partial charge is 0.384 e. The average Bonchev–Trinajstić information content (AvgIpc) is 2.56. The third-order valence-corrected chi connectivity index (χ3v) is 3.42. The van der Waals surface area contributed by atoms with E-state index in [9.17, 15) is 17.1 Å². The number of halogens is 1. The van der Waals surface area contributed by atoms with E-state index in [0.717, 1.165) is 0 Å². The topological polar surface area (TPSA) is 106 Å². The lowest BCUT2D eigenvalue weighted by atomic mass is 10.1. The second-order valence-electron chi connectivity index (χ2n) is 4.06. The van der Waals surface area contributed by atoms with Crippen molar-refractivity contribution in [2.75, 3.05) is 22.9 Å². The van der Waals surface area contributed by atoms with Crippen LogP contribution in [0.15, 0.2) is 12.3 Å². The van der Waals surface area contributed by atoms with E-state index in [1.807, 2.05) is 0 Å². The number of aromatic nitrogens is 2. The first kappa shape index (κ1) is 12.7. The molecule has 0 spiro atoms. The molecule has 0 aliphatic carbocycles. The first-order valence-electron chi connectivity index (χ1n) is 5.16. The summed E-state index contributed by atoms with van der Waals surface area (Å²) in [6.45, 7) is 0.0748. The summed E-state index contributed by atoms with van der Waals surface area (Å²) in [5, 5.41) is 0. The molecular weight excluding hydrogens is 263 g/mol. The molecule has 98 valence electrons. The van der Waals surface area contributed by atoms with Gasteiger partial charge in [0.15, 0.2) is 0 Å². The van der Waals surface area contributed by atoms with E-state index in [0.29, 0.717) is 0 Å². The van der Waals surface area contributed by atoms with Crippen LogP contribution in [0, 0.1) is 5.92 Å². The van der Waals surface area contributed by atoms with Gasteiger partial charge < -0.3 is 5.73 Å². The van der Waals surface area contributed by atoms with E-state index in [1.165, 1.54) is 17.2 Å². The standard InChI is InChI=1S/C9H11FN4O3S/c10-18(16,17)5-6-3-8(15)14(4-6)9-12-2-1-7(11)13-9/h1-2,6H,3-5H2,(H2,11,12,13). The normalized spacial score (nSPS) is 20.4. The van der Waals surface area contributed by atoms with Crippen molar-refractivity contribution >= 4 is 27.9 Å². The Bertz CT molecular complexity index is 577. The number of nitrogens with two attached hydrogens (primary N) is 1. The fourth-order valence-electron chi connectivity index (χ4n) is 1.86. The summed E-state index contributed by atoms with van der Waals surface area (Å²) in [7, 11) is -4.59. The quantitative estimate of drug-likeness (QED) is 0.759. The van der Waals surface area contributed by atoms with Crippen molar-refractivity contribution in [2.45, 2.75) is 6.42 Å². The number of hydrogen-bond acceptors (Lipinski definition) is 6. The molecule has 18 heavy (non-hydrogen) atoms. The van der Waals surface area contributed by atoms with Gasteiger partial charge in [0, 0.05) is 25.1 Å². The highest BCUT2D eigenvalue weighted by atomic mass is 32.3. The first-order valence-corrected chi connectivity index (χ1v) is 6.71. The van der Waals surface area contributed by atoms with Gasteiger partial charge in [-0.1, -0.05) is 0 Å². The fraction of sp³-hybridized carbons (Fsp3) is 0.444. The highest BCUT2D eigenvalue weighted by Gasteiger charge is 2.34. The van der Waals surface area contributed by atoms with Crippen LogP contribution in [0.2, 0.25) is 0 Å². The van der Waals surface area contributed by atoms with Gasteiger partial charge in [0.25, 0.3) is 0 Å². The third kappa shape index (κ3) is 2.92. The van der Waals surface area contributed by atoms with Crippen molar-refractivity contribution in [3.8, 4) is 0 Å². The Hall–Kier alpha value is -1.77. The van der Waals surface area contributed by atoms with Crippen LogP contribution < -0.4 is 10.6 Å². The Morgan fingerprint density at radius 3 is 2.89 bits per heavy atom. The van der Waals surface area contributed by atoms with E-state index in [2.05, 4.69) is 9.97 Å². The molecular formula is C9H11FN4O3S. The van der Waals surface area contributed by atoms with Crippen molar-refractivity contribution < 1.29 is 17.1 Å². The number of hydrogen-bond donors (Lipinski definition) is 1. The van der Waals surface area contributed by atoms with Crippen LogP contribution in [0.25, 0.3) is 0 Å². The molecule has 7 nitrogen and oxygen atoms in total. The summed E-state index contributed by atoms with van der Waals surface area (Å²) in [6, 6.07) is 1.47. The van der Waals surface area contributed by atoms with Gasteiger partial charge in [0.1, 0.15) is 5.82 Å². The second kappa shape index (κ2) is 4.48. The summed E-state index contributed by atoms with van der Waals surface area (Å²) >= 11 is 0. The van der Waals surface area contributed by atoms with Gasteiger partial charge in [-0.2, -0.15) is 13.4 Å². The van der Waals surface area contributed by atoms with Gasteiger partial charge in [0.05, 0.1) is 5.75 Å². The van der Waals surface area contributed by atoms with Gasteiger partial charge in [-0.3, -0.25) is 9.69 Å². The van der Waals surface area contributed by atoms with E-state index in [-0.39, 0.29) is 30.6 Å². The molecule has 1 fully saturated rings. The first-order chi connectivity index (χ1) is 8.35. The van der Waals surface area contributed by atoms with Gasteiger partial charge in [0.2, 0.25) is 11.9 Å². The average molecular weight is 274 g/mol. The van der Waals surface area contributed by atoms with Crippen LogP contribution in [0.4, 0.5) is 15.7 Å². The monoisotopic (exact) mass is 274 g/mol. The number of nitrogens with zero attached hydrogens (tertiary/aromatic N) is 3. The Morgan fingerprint density at radius 1 is 1.56 bits per heavy atom. The highest BCUT2D eigenvalue weighted by molar-refractivity contribution is 7.86. The zero-order chi connectivity index (χ0) is 13.3. The van der Waals surface area contributed by atoms with E-state index < -0.39 is 21.9 Å². The number of carbonyl (C=O) groups excluding carboxylic acids is 1. The Balaban J connectivity index is 2.15. The fourth-order valence-corrected chi connectivity index (χ4v) is 2.65. The van der Waals surface area contributed by atoms with E-state index in [1.54, 1.807) is 0 Å². The molecule has 1 aromatic heterocycles. The molecule has 0 bridgehead atoms. The lowest BCUT2D eigenvalue weighted by molar-refractivity contribution is -0.117. The third-order valence-electron chi connectivity index (χ3n) is 2.55. The maximum absolute atomic E-state index is 12.6. The Labute approximate surface area is 103 Å². The molecule has 0 saturated carbocycles. The van der Waals surface area contributed by atoms with Gasteiger partial charge in [-0.05, 0) is 6.07 Å². The molecule has 2 heterocycles. The van der Waals surface area contributed by atoms with Crippen LogP contribution in [-0.2, 0) is 15.0 Å². The smallest absolute Gasteiger partial charge is 0.302 e. The minimum Gasteiger partial charge on any atom is -0.384 e. The minimum atomic E-state index is -4.59. The van der Waals surface area contributed by atoms with E-state index in [4.69, 9.17) is 5.73 Å². The van der Waals surface area contributed by atoms with Gasteiger partial charge in [-0.15, -0.1) is 3.89 Å². The Kier molecular flexibility index (Phi) is 3.16. The summed E-state index contributed by atoms with van der Waals surface area (Å²) in [5.74, 6) is -1.28. The molecule has 1 unspecified atom stereocenters. The molecule has 1 saturated heterocycles. The number of anilines is 2. The number of amides is 1. The molecule has 1 aliphatic rings. The molecule has 1 aromatic rings. The van der Waals surface area contributed by atoms with Crippen molar-refractivity contribution in [1.82, 2.24) is 9.97 Å². The number of nitrogen functional groups attached to an aromatic ring is 1. The summed E-state index contributed by atoms with van der Waals surface area (Å²) in [5.41, 5.74) is 5.46. The lowest BCUT2D eigenvalue weighted by Gasteiger charge is -2.13. The van der Waals surface area contributed by atoms with Crippen molar-refractivity contribution in [3.63, 3.8) is 0 Å². The molecule has 1 amide bonds. The maximum atomic E-state index is 12.6. The minimum absolute atomic E-state index is 0.0404. The van der Waals surface area contributed by atoms with Crippen LogP contribution in [-0.4, -0.2) is 36.6 Å². The molecule has 9 heteroatoms. The van der Waals surface area contributed by atoms with Crippen LogP contribution >= 0.6 is 0 Å². The number of carbonyl (C=O) groups is 1. The second-order valence-corrected chi connectivity index (χ2v) is 5.47. The van der Waals surface area contributed by atoms with Crippen LogP contribution in [0.3, 0.4) is 0 Å². The molecule has 2 rings (SSSR count). The summed E-state index contributed by atoms with van der Waals surface area (Å²) < 4.78 is 33.6.